The Kier molecular flexibility index (Phi) is 3.83. The first-order valence-corrected chi connectivity index (χ1v) is 8.70. The zero-order chi connectivity index (χ0) is 15.0. The number of rotatable bonds is 4. The van der Waals surface area contributed by atoms with E-state index in [0.717, 1.165) is 10.6 Å². The SMILES string of the molecule is Cc1csc2nc(CSc3csc(C(=O)O)c3)cc(=O)n12. The average molecular weight is 338 g/mol. The highest BCUT2D eigenvalue weighted by molar-refractivity contribution is 7.98. The van der Waals surface area contributed by atoms with Crippen LogP contribution in [0.15, 0.2) is 32.6 Å². The first-order chi connectivity index (χ1) is 10.0. The molecule has 0 spiro atoms. The third-order valence-electron chi connectivity index (χ3n) is 2.80. The second kappa shape index (κ2) is 5.63. The van der Waals surface area contributed by atoms with Gasteiger partial charge >= 0.3 is 5.97 Å². The van der Waals surface area contributed by atoms with Crippen LogP contribution in [0.3, 0.4) is 0 Å². The summed E-state index contributed by atoms with van der Waals surface area (Å²) < 4.78 is 1.59. The zero-order valence-corrected chi connectivity index (χ0v) is 13.3. The number of nitrogens with zero attached hydrogens (tertiary/aromatic N) is 2. The molecule has 1 N–H and O–H groups in total. The third-order valence-corrected chi connectivity index (χ3v) is 5.82. The lowest BCUT2D eigenvalue weighted by Crippen LogP contribution is -2.14. The third kappa shape index (κ3) is 2.87. The van der Waals surface area contributed by atoms with Crippen LogP contribution >= 0.6 is 34.4 Å². The molecule has 0 unspecified atom stereocenters. The van der Waals surface area contributed by atoms with Crippen LogP contribution in [-0.2, 0) is 5.75 Å². The van der Waals surface area contributed by atoms with Gasteiger partial charge in [-0.1, -0.05) is 0 Å². The van der Waals surface area contributed by atoms with Crippen molar-refractivity contribution in [2.45, 2.75) is 17.6 Å². The Morgan fingerprint density at radius 1 is 1.38 bits per heavy atom. The van der Waals surface area contributed by atoms with Crippen LogP contribution in [0.2, 0.25) is 0 Å². The van der Waals surface area contributed by atoms with E-state index >= 15 is 0 Å². The summed E-state index contributed by atoms with van der Waals surface area (Å²) in [6, 6.07) is 3.17. The molecule has 3 aromatic rings. The van der Waals surface area contributed by atoms with Gasteiger partial charge in [0.15, 0.2) is 4.96 Å². The van der Waals surface area contributed by atoms with Gasteiger partial charge in [-0.15, -0.1) is 34.4 Å². The van der Waals surface area contributed by atoms with E-state index in [0.29, 0.717) is 21.3 Å². The Hall–Kier alpha value is -1.64. The Bertz CT molecular complexity index is 878. The van der Waals surface area contributed by atoms with Crippen LogP contribution in [-0.4, -0.2) is 20.5 Å². The summed E-state index contributed by atoms with van der Waals surface area (Å²) in [6.45, 7) is 1.87. The number of aromatic carboxylic acids is 1. The zero-order valence-electron chi connectivity index (χ0n) is 10.9. The first kappa shape index (κ1) is 14.3. The van der Waals surface area contributed by atoms with Gasteiger partial charge in [-0.25, -0.2) is 9.78 Å². The van der Waals surface area contributed by atoms with E-state index in [1.54, 1.807) is 15.8 Å². The van der Waals surface area contributed by atoms with E-state index in [1.807, 2.05) is 12.3 Å². The van der Waals surface area contributed by atoms with E-state index in [2.05, 4.69) is 4.98 Å². The quantitative estimate of drug-likeness (QED) is 0.740. The molecule has 0 aromatic carbocycles. The van der Waals surface area contributed by atoms with Gasteiger partial charge in [0, 0.05) is 33.2 Å². The van der Waals surface area contributed by atoms with E-state index < -0.39 is 5.97 Å². The largest absolute Gasteiger partial charge is 0.477 e. The molecule has 3 rings (SSSR count). The second-order valence-electron chi connectivity index (χ2n) is 4.32. The fraction of sp³-hybridized carbons (Fsp3) is 0.154. The van der Waals surface area contributed by atoms with E-state index in [9.17, 15) is 9.59 Å². The first-order valence-electron chi connectivity index (χ1n) is 5.96. The van der Waals surface area contributed by atoms with Crippen LogP contribution in [0.5, 0.6) is 0 Å². The van der Waals surface area contributed by atoms with Crippen molar-refractivity contribution in [2.75, 3.05) is 0 Å². The minimum atomic E-state index is -0.918. The molecule has 21 heavy (non-hydrogen) atoms. The lowest BCUT2D eigenvalue weighted by molar-refractivity contribution is 0.0702. The molecule has 0 saturated heterocycles. The molecule has 0 aliphatic rings. The highest BCUT2D eigenvalue weighted by Crippen LogP contribution is 2.27. The second-order valence-corrected chi connectivity index (χ2v) is 7.12. The Morgan fingerprint density at radius 3 is 2.90 bits per heavy atom. The molecule has 0 atom stereocenters. The summed E-state index contributed by atoms with van der Waals surface area (Å²) in [5, 5.41) is 12.6. The highest BCUT2D eigenvalue weighted by Gasteiger charge is 2.09. The maximum Gasteiger partial charge on any atom is 0.345 e. The molecule has 108 valence electrons. The summed E-state index contributed by atoms with van der Waals surface area (Å²) in [5.74, 6) is -0.378. The smallest absolute Gasteiger partial charge is 0.345 e. The minimum absolute atomic E-state index is 0.0779. The summed E-state index contributed by atoms with van der Waals surface area (Å²) in [6.07, 6.45) is 0. The Labute approximate surface area is 131 Å². The summed E-state index contributed by atoms with van der Waals surface area (Å²) >= 11 is 4.11. The number of aryl methyl sites for hydroxylation is 1. The maximum absolute atomic E-state index is 12.0. The number of hydrogen-bond acceptors (Lipinski definition) is 6. The van der Waals surface area contributed by atoms with Crippen LogP contribution in [0.1, 0.15) is 21.1 Å². The number of thiazole rings is 1. The van der Waals surface area contributed by atoms with Crippen molar-refractivity contribution in [3.8, 4) is 0 Å². The molecule has 3 aromatic heterocycles. The van der Waals surface area contributed by atoms with E-state index in [1.165, 1.54) is 40.5 Å². The van der Waals surface area contributed by atoms with Crippen molar-refractivity contribution in [2.24, 2.45) is 0 Å². The van der Waals surface area contributed by atoms with Crippen molar-refractivity contribution in [1.82, 2.24) is 9.38 Å². The van der Waals surface area contributed by atoms with E-state index in [4.69, 9.17) is 5.11 Å². The van der Waals surface area contributed by atoms with Crippen molar-refractivity contribution >= 4 is 45.4 Å². The van der Waals surface area contributed by atoms with Gasteiger partial charge in [0.2, 0.25) is 0 Å². The van der Waals surface area contributed by atoms with Gasteiger partial charge in [0.05, 0.1) is 5.69 Å². The molecule has 0 bridgehead atoms. The van der Waals surface area contributed by atoms with Crippen LogP contribution in [0.4, 0.5) is 0 Å². The van der Waals surface area contributed by atoms with Gasteiger partial charge in [0.1, 0.15) is 4.88 Å². The number of thiophene rings is 1. The number of aromatic nitrogens is 2. The van der Waals surface area contributed by atoms with Crippen molar-refractivity contribution in [3.63, 3.8) is 0 Å². The standard InChI is InChI=1S/C13H10N2O3S3/c1-7-4-21-13-14-8(2-11(16)15(7)13)5-19-9-3-10(12(17)18)20-6-9/h2-4,6H,5H2,1H3,(H,17,18). The van der Waals surface area contributed by atoms with Crippen molar-refractivity contribution in [1.29, 1.82) is 0 Å². The summed E-state index contributed by atoms with van der Waals surface area (Å²) in [7, 11) is 0. The fourth-order valence-electron chi connectivity index (χ4n) is 1.84. The molecule has 0 aliphatic carbocycles. The molecule has 0 amide bonds. The Morgan fingerprint density at radius 2 is 2.19 bits per heavy atom. The average Bonchev–Trinajstić information content (AvgIpc) is 3.04. The number of thioether (sulfide) groups is 1. The van der Waals surface area contributed by atoms with Crippen LogP contribution in [0, 0.1) is 6.92 Å². The predicted molar refractivity (Wildman–Crippen MR) is 84.9 cm³/mol. The van der Waals surface area contributed by atoms with Gasteiger partial charge < -0.3 is 5.11 Å². The lowest BCUT2D eigenvalue weighted by atomic mass is 10.4. The minimum Gasteiger partial charge on any atom is -0.477 e. The normalized spacial score (nSPS) is 11.1. The van der Waals surface area contributed by atoms with Gasteiger partial charge in [0.25, 0.3) is 5.56 Å². The molecule has 8 heteroatoms. The van der Waals surface area contributed by atoms with Crippen molar-refractivity contribution < 1.29 is 9.90 Å². The molecule has 0 radical (unpaired) electrons. The maximum atomic E-state index is 12.0. The molecule has 0 saturated carbocycles. The molecule has 0 fully saturated rings. The van der Waals surface area contributed by atoms with Gasteiger partial charge in [-0.3, -0.25) is 9.20 Å². The van der Waals surface area contributed by atoms with Crippen molar-refractivity contribution in [3.05, 3.63) is 49.5 Å². The lowest BCUT2D eigenvalue weighted by Gasteiger charge is -2.00. The van der Waals surface area contributed by atoms with Gasteiger partial charge in [-0.2, -0.15) is 0 Å². The molecular formula is C13H10N2O3S3. The van der Waals surface area contributed by atoms with Gasteiger partial charge in [-0.05, 0) is 13.0 Å². The molecule has 5 nitrogen and oxygen atoms in total. The predicted octanol–water partition coefficient (Wildman–Crippen LogP) is 3.12. The summed E-state index contributed by atoms with van der Waals surface area (Å²) in [4.78, 5) is 29.2. The molecule has 3 heterocycles. The van der Waals surface area contributed by atoms with Crippen LogP contribution < -0.4 is 5.56 Å². The summed E-state index contributed by atoms with van der Waals surface area (Å²) in [5.41, 5.74) is 1.51. The molecular weight excluding hydrogens is 328 g/mol. The number of hydrogen-bond donors (Lipinski definition) is 1. The highest BCUT2D eigenvalue weighted by atomic mass is 32.2. The number of carboxylic acid groups (broad SMARTS) is 1. The van der Waals surface area contributed by atoms with E-state index in [-0.39, 0.29) is 5.56 Å². The monoisotopic (exact) mass is 338 g/mol. The number of carboxylic acids is 1. The number of carbonyl (C=O) groups is 1. The Balaban J connectivity index is 1.81. The topological polar surface area (TPSA) is 71.7 Å². The molecule has 0 aliphatic heterocycles. The number of fused-ring (bicyclic) bond motifs is 1. The van der Waals surface area contributed by atoms with Crippen LogP contribution in [0.25, 0.3) is 4.96 Å². The fourth-order valence-corrected chi connectivity index (χ4v) is 4.49.